The van der Waals surface area contributed by atoms with E-state index < -0.39 is 11.9 Å². The lowest BCUT2D eigenvalue weighted by Gasteiger charge is -2.10. The maximum atomic E-state index is 12.6. The van der Waals surface area contributed by atoms with E-state index in [2.05, 4.69) is 20.8 Å². The highest BCUT2D eigenvalue weighted by atomic mass is 16.5. The van der Waals surface area contributed by atoms with Crippen LogP contribution in [0.1, 0.15) is 176 Å². The summed E-state index contributed by atoms with van der Waals surface area (Å²) in [5.74, 6) is -0.132. The molecule has 0 aromatic heterocycles. The van der Waals surface area contributed by atoms with Gasteiger partial charge in [-0.05, 0) is 30.9 Å². The fourth-order valence-corrected chi connectivity index (χ4v) is 4.98. The Balaban J connectivity index is 2.06. The quantitative estimate of drug-likeness (QED) is 0.0859. The van der Waals surface area contributed by atoms with Gasteiger partial charge in [-0.15, -0.1) is 0 Å². The average molecular weight is 545 g/mol. The molecule has 0 N–H and O–H groups in total. The van der Waals surface area contributed by atoms with E-state index >= 15 is 0 Å². The number of hydrogen-bond donors (Lipinski definition) is 0. The van der Waals surface area contributed by atoms with Crippen molar-refractivity contribution >= 4 is 11.9 Å². The van der Waals surface area contributed by atoms with Gasteiger partial charge in [-0.3, -0.25) is 0 Å². The molecule has 0 spiro atoms. The molecule has 4 nitrogen and oxygen atoms in total. The number of hydrogen-bond acceptors (Lipinski definition) is 4. The van der Waals surface area contributed by atoms with Crippen LogP contribution in [-0.4, -0.2) is 25.2 Å². The Morgan fingerprint density at radius 3 is 1.23 bits per heavy atom. The van der Waals surface area contributed by atoms with Crippen LogP contribution in [0.25, 0.3) is 0 Å². The molecule has 0 aliphatic carbocycles. The summed E-state index contributed by atoms with van der Waals surface area (Å²) in [5, 5.41) is 0. The van der Waals surface area contributed by atoms with Gasteiger partial charge in [0.2, 0.25) is 0 Å². The zero-order chi connectivity index (χ0) is 28.4. The average Bonchev–Trinajstić information content (AvgIpc) is 2.93. The van der Waals surface area contributed by atoms with Gasteiger partial charge in [0.1, 0.15) is 0 Å². The Hall–Kier alpha value is -1.84. The van der Waals surface area contributed by atoms with Crippen molar-refractivity contribution in [2.45, 2.75) is 156 Å². The second kappa shape index (κ2) is 25.1. The van der Waals surface area contributed by atoms with Crippen LogP contribution in [0.5, 0.6) is 0 Å². The van der Waals surface area contributed by atoms with Crippen molar-refractivity contribution in [2.24, 2.45) is 5.92 Å². The summed E-state index contributed by atoms with van der Waals surface area (Å²) >= 11 is 0. The minimum absolute atomic E-state index is 0.300. The number of benzene rings is 1. The standard InChI is InChI=1S/C35H60O4/c1-4-5-6-7-8-9-10-11-12-13-14-15-16-17-19-24-29-38-34(36)32-27-22-23-28-33(32)35(37)39-30-25-20-18-21-26-31(2)3/h22-23,27-28,31H,4-21,24-26,29-30H2,1-3H3. The highest BCUT2D eigenvalue weighted by Gasteiger charge is 2.18. The molecule has 39 heavy (non-hydrogen) atoms. The lowest BCUT2D eigenvalue weighted by atomic mass is 10.0. The molecule has 0 saturated heterocycles. The largest absolute Gasteiger partial charge is 0.462 e. The van der Waals surface area contributed by atoms with Crippen LogP contribution in [0.3, 0.4) is 0 Å². The van der Waals surface area contributed by atoms with E-state index in [1.807, 2.05) is 0 Å². The van der Waals surface area contributed by atoms with Gasteiger partial charge in [-0.25, -0.2) is 9.59 Å². The van der Waals surface area contributed by atoms with E-state index in [9.17, 15) is 9.59 Å². The fraction of sp³-hybridized carbons (Fsp3) is 0.771. The van der Waals surface area contributed by atoms with Gasteiger partial charge < -0.3 is 9.47 Å². The summed E-state index contributed by atoms with van der Waals surface area (Å²) in [7, 11) is 0. The van der Waals surface area contributed by atoms with Crippen molar-refractivity contribution in [3.8, 4) is 0 Å². The molecular formula is C35H60O4. The molecule has 0 fully saturated rings. The molecule has 0 heterocycles. The van der Waals surface area contributed by atoms with Gasteiger partial charge in [0, 0.05) is 0 Å². The van der Waals surface area contributed by atoms with Crippen LogP contribution in [0.15, 0.2) is 24.3 Å². The lowest BCUT2D eigenvalue weighted by molar-refractivity contribution is 0.0450. The predicted molar refractivity (Wildman–Crippen MR) is 164 cm³/mol. The first-order valence-electron chi connectivity index (χ1n) is 16.5. The minimum Gasteiger partial charge on any atom is -0.462 e. The Labute approximate surface area is 241 Å². The first-order chi connectivity index (χ1) is 19.1. The second-order valence-electron chi connectivity index (χ2n) is 11.7. The zero-order valence-corrected chi connectivity index (χ0v) is 25.8. The fourth-order valence-electron chi connectivity index (χ4n) is 4.98. The summed E-state index contributed by atoms with van der Waals surface area (Å²) in [6, 6.07) is 6.82. The van der Waals surface area contributed by atoms with E-state index in [-0.39, 0.29) is 0 Å². The van der Waals surface area contributed by atoms with Gasteiger partial charge in [0.15, 0.2) is 0 Å². The normalized spacial score (nSPS) is 11.2. The maximum absolute atomic E-state index is 12.6. The van der Waals surface area contributed by atoms with E-state index in [1.165, 1.54) is 103 Å². The van der Waals surface area contributed by atoms with Crippen LogP contribution in [0.4, 0.5) is 0 Å². The number of carbonyl (C=O) groups is 2. The molecule has 0 unspecified atom stereocenters. The molecule has 1 rings (SSSR count). The van der Waals surface area contributed by atoms with E-state index in [1.54, 1.807) is 24.3 Å². The molecule has 0 bridgehead atoms. The Morgan fingerprint density at radius 1 is 0.538 bits per heavy atom. The van der Waals surface area contributed by atoms with E-state index in [0.29, 0.717) is 24.3 Å². The maximum Gasteiger partial charge on any atom is 0.339 e. The first-order valence-corrected chi connectivity index (χ1v) is 16.5. The van der Waals surface area contributed by atoms with Crippen molar-refractivity contribution in [3.05, 3.63) is 35.4 Å². The molecular weight excluding hydrogens is 484 g/mol. The first kappa shape index (κ1) is 35.2. The van der Waals surface area contributed by atoms with Crippen molar-refractivity contribution in [2.75, 3.05) is 13.2 Å². The van der Waals surface area contributed by atoms with Crippen molar-refractivity contribution in [3.63, 3.8) is 0 Å². The molecule has 0 amide bonds. The van der Waals surface area contributed by atoms with E-state index in [0.717, 1.165) is 38.0 Å². The smallest absolute Gasteiger partial charge is 0.339 e. The third-order valence-corrected chi connectivity index (χ3v) is 7.51. The summed E-state index contributed by atoms with van der Waals surface area (Å²) in [6.07, 6.45) is 26.6. The topological polar surface area (TPSA) is 52.6 Å². The molecule has 224 valence electrons. The predicted octanol–water partition coefficient (Wildman–Crippen LogP) is 10.9. The minimum atomic E-state index is -0.438. The number of esters is 2. The number of unbranched alkanes of at least 4 members (excludes halogenated alkanes) is 18. The molecule has 1 aromatic rings. The summed E-state index contributed by atoms with van der Waals surface area (Å²) in [4.78, 5) is 25.2. The summed E-state index contributed by atoms with van der Waals surface area (Å²) in [5.41, 5.74) is 0.602. The van der Waals surface area contributed by atoms with Crippen LogP contribution >= 0.6 is 0 Å². The van der Waals surface area contributed by atoms with Gasteiger partial charge >= 0.3 is 11.9 Å². The number of ether oxygens (including phenoxy) is 2. The van der Waals surface area contributed by atoms with Crippen molar-refractivity contribution in [1.29, 1.82) is 0 Å². The summed E-state index contributed by atoms with van der Waals surface area (Å²) < 4.78 is 10.9. The molecule has 0 radical (unpaired) electrons. The van der Waals surface area contributed by atoms with Crippen LogP contribution in [0, 0.1) is 5.92 Å². The van der Waals surface area contributed by atoms with Crippen LogP contribution in [-0.2, 0) is 9.47 Å². The van der Waals surface area contributed by atoms with E-state index in [4.69, 9.17) is 9.47 Å². The Bertz CT molecular complexity index is 727. The van der Waals surface area contributed by atoms with Gasteiger partial charge in [0.25, 0.3) is 0 Å². The monoisotopic (exact) mass is 544 g/mol. The Morgan fingerprint density at radius 2 is 0.872 bits per heavy atom. The van der Waals surface area contributed by atoms with Crippen molar-refractivity contribution < 1.29 is 19.1 Å². The van der Waals surface area contributed by atoms with Gasteiger partial charge in [0.05, 0.1) is 24.3 Å². The van der Waals surface area contributed by atoms with Gasteiger partial charge in [-0.1, -0.05) is 155 Å². The highest BCUT2D eigenvalue weighted by Crippen LogP contribution is 2.16. The SMILES string of the molecule is CCCCCCCCCCCCCCCCCCOC(=O)c1ccccc1C(=O)OCCCCCCC(C)C. The van der Waals surface area contributed by atoms with Crippen LogP contribution in [0.2, 0.25) is 0 Å². The molecule has 0 aliphatic rings. The zero-order valence-electron chi connectivity index (χ0n) is 25.8. The third-order valence-electron chi connectivity index (χ3n) is 7.51. The molecule has 0 aliphatic heterocycles. The Kier molecular flexibility index (Phi) is 22.7. The number of rotatable bonds is 26. The molecule has 4 heteroatoms. The third kappa shape index (κ3) is 19.8. The molecule has 1 aromatic carbocycles. The molecule has 0 atom stereocenters. The van der Waals surface area contributed by atoms with Crippen molar-refractivity contribution in [1.82, 2.24) is 0 Å². The lowest BCUT2D eigenvalue weighted by Crippen LogP contribution is -2.15. The van der Waals surface area contributed by atoms with Gasteiger partial charge in [-0.2, -0.15) is 0 Å². The second-order valence-corrected chi connectivity index (χ2v) is 11.7. The molecule has 0 saturated carbocycles. The van der Waals surface area contributed by atoms with Crippen LogP contribution < -0.4 is 0 Å². The number of carbonyl (C=O) groups excluding carboxylic acids is 2. The summed E-state index contributed by atoms with van der Waals surface area (Å²) in [6.45, 7) is 7.55. The highest BCUT2D eigenvalue weighted by molar-refractivity contribution is 6.03.